The molecule has 1 saturated heterocycles. The van der Waals surface area contributed by atoms with Gasteiger partial charge in [-0.3, -0.25) is 4.90 Å². The van der Waals surface area contributed by atoms with E-state index in [1.165, 1.54) is 0 Å². The second-order valence-electron chi connectivity index (χ2n) is 6.47. The molecule has 0 spiro atoms. The van der Waals surface area contributed by atoms with Crippen molar-refractivity contribution >= 4 is 0 Å². The fourth-order valence-corrected chi connectivity index (χ4v) is 2.86. The van der Waals surface area contributed by atoms with Gasteiger partial charge in [-0.25, -0.2) is 9.67 Å². The average Bonchev–Trinajstić information content (AvgIpc) is 2.90. The summed E-state index contributed by atoms with van der Waals surface area (Å²) in [5, 5.41) is 8.03. The van der Waals surface area contributed by atoms with Crippen molar-refractivity contribution in [3.8, 4) is 0 Å². The highest BCUT2D eigenvalue weighted by Crippen LogP contribution is 2.29. The lowest BCUT2D eigenvalue weighted by molar-refractivity contribution is 0.00767. The molecule has 0 saturated carbocycles. The van der Waals surface area contributed by atoms with Gasteiger partial charge in [0.1, 0.15) is 12.2 Å². The Bertz CT molecular complexity index is 443. The van der Waals surface area contributed by atoms with Crippen molar-refractivity contribution in [2.45, 2.75) is 71.6 Å². The second kappa shape index (κ2) is 5.82. The maximum absolute atomic E-state index is 4.44. The minimum absolute atomic E-state index is 0.194. The minimum atomic E-state index is 0.194. The Morgan fingerprint density at radius 2 is 2.00 bits per heavy atom. The van der Waals surface area contributed by atoms with Crippen molar-refractivity contribution < 1.29 is 0 Å². The van der Waals surface area contributed by atoms with Crippen molar-refractivity contribution in [2.75, 3.05) is 13.1 Å². The first kappa shape index (κ1) is 15.4. The molecular formula is C15H29N5. The van der Waals surface area contributed by atoms with Crippen molar-refractivity contribution in [2.24, 2.45) is 0 Å². The summed E-state index contributed by atoms with van der Waals surface area (Å²) in [6, 6.07) is 0. The fraction of sp³-hybridized carbons (Fsp3) is 0.867. The third-order valence-electron chi connectivity index (χ3n) is 5.07. The molecule has 2 heterocycles. The van der Waals surface area contributed by atoms with Crippen LogP contribution in [0.25, 0.3) is 0 Å². The molecule has 1 aromatic rings. The Hall–Kier alpha value is -0.940. The van der Waals surface area contributed by atoms with Crippen LogP contribution in [0.4, 0.5) is 0 Å². The number of aromatic nitrogens is 3. The van der Waals surface area contributed by atoms with Crippen LogP contribution in [-0.4, -0.2) is 43.8 Å². The van der Waals surface area contributed by atoms with Crippen LogP contribution in [-0.2, 0) is 13.1 Å². The molecule has 2 unspecified atom stereocenters. The standard InChI is InChI=1S/C15H29N5/c1-6-14(4)11-19(15(5,7-2)10-17-14)9-13-16-12-18-20(13)8-3/h12,17H,6-11H2,1-5H3. The number of hydrogen-bond donors (Lipinski definition) is 1. The molecule has 1 fully saturated rings. The van der Waals surface area contributed by atoms with E-state index < -0.39 is 0 Å². The number of aryl methyl sites for hydroxylation is 1. The minimum Gasteiger partial charge on any atom is -0.308 e. The topological polar surface area (TPSA) is 46.0 Å². The molecule has 5 heteroatoms. The first-order valence-corrected chi connectivity index (χ1v) is 7.83. The molecule has 0 aliphatic carbocycles. The zero-order valence-electron chi connectivity index (χ0n) is 13.6. The third kappa shape index (κ3) is 2.88. The van der Waals surface area contributed by atoms with Crippen LogP contribution in [0.1, 0.15) is 53.3 Å². The van der Waals surface area contributed by atoms with E-state index in [4.69, 9.17) is 0 Å². The van der Waals surface area contributed by atoms with Gasteiger partial charge in [-0.2, -0.15) is 5.10 Å². The van der Waals surface area contributed by atoms with Gasteiger partial charge in [0.25, 0.3) is 0 Å². The van der Waals surface area contributed by atoms with Crippen LogP contribution in [0.5, 0.6) is 0 Å². The Kier molecular flexibility index (Phi) is 4.49. The predicted molar refractivity (Wildman–Crippen MR) is 81.5 cm³/mol. The summed E-state index contributed by atoms with van der Waals surface area (Å²) in [5.41, 5.74) is 0.394. The highest BCUT2D eigenvalue weighted by atomic mass is 15.4. The maximum Gasteiger partial charge on any atom is 0.141 e. The largest absolute Gasteiger partial charge is 0.308 e. The van der Waals surface area contributed by atoms with E-state index in [-0.39, 0.29) is 11.1 Å². The molecule has 1 aliphatic rings. The molecule has 0 amide bonds. The van der Waals surface area contributed by atoms with Crippen molar-refractivity contribution in [1.82, 2.24) is 25.0 Å². The van der Waals surface area contributed by atoms with Crippen molar-refractivity contribution in [1.29, 1.82) is 0 Å². The van der Waals surface area contributed by atoms with Gasteiger partial charge >= 0.3 is 0 Å². The molecule has 0 aromatic carbocycles. The van der Waals surface area contributed by atoms with Crippen LogP contribution >= 0.6 is 0 Å². The Morgan fingerprint density at radius 1 is 1.25 bits per heavy atom. The Balaban J connectivity index is 2.20. The average molecular weight is 279 g/mol. The van der Waals surface area contributed by atoms with E-state index in [1.807, 2.05) is 4.68 Å². The van der Waals surface area contributed by atoms with E-state index in [9.17, 15) is 0 Å². The first-order valence-electron chi connectivity index (χ1n) is 7.83. The maximum atomic E-state index is 4.44. The fourth-order valence-electron chi connectivity index (χ4n) is 2.86. The van der Waals surface area contributed by atoms with Crippen LogP contribution < -0.4 is 5.32 Å². The van der Waals surface area contributed by atoms with Gasteiger partial charge in [0.2, 0.25) is 0 Å². The van der Waals surface area contributed by atoms with Gasteiger partial charge in [0, 0.05) is 30.7 Å². The molecule has 20 heavy (non-hydrogen) atoms. The number of nitrogens with one attached hydrogen (secondary N) is 1. The van der Waals surface area contributed by atoms with Crippen LogP contribution in [0.2, 0.25) is 0 Å². The lowest BCUT2D eigenvalue weighted by Crippen LogP contribution is -2.67. The smallest absolute Gasteiger partial charge is 0.141 e. The zero-order valence-corrected chi connectivity index (χ0v) is 13.6. The van der Waals surface area contributed by atoms with E-state index >= 15 is 0 Å². The van der Waals surface area contributed by atoms with Crippen LogP contribution in [0, 0.1) is 0 Å². The van der Waals surface area contributed by atoms with Crippen molar-refractivity contribution in [3.05, 3.63) is 12.2 Å². The molecule has 2 atom stereocenters. The summed E-state index contributed by atoms with van der Waals surface area (Å²) in [4.78, 5) is 7.03. The highest BCUT2D eigenvalue weighted by Gasteiger charge is 2.41. The SMILES string of the molecule is CCn1ncnc1CN1CC(C)(CC)NCC1(C)CC. The molecule has 1 aliphatic heterocycles. The van der Waals surface area contributed by atoms with E-state index in [2.05, 4.69) is 54.9 Å². The third-order valence-corrected chi connectivity index (χ3v) is 5.07. The van der Waals surface area contributed by atoms with Gasteiger partial charge in [-0.05, 0) is 33.6 Å². The van der Waals surface area contributed by atoms with Crippen LogP contribution in [0.3, 0.4) is 0 Å². The molecule has 0 radical (unpaired) electrons. The molecule has 114 valence electrons. The Morgan fingerprint density at radius 3 is 2.60 bits per heavy atom. The number of rotatable bonds is 5. The monoisotopic (exact) mass is 279 g/mol. The molecule has 2 rings (SSSR count). The number of piperazine rings is 1. The second-order valence-corrected chi connectivity index (χ2v) is 6.47. The normalized spacial score (nSPS) is 31.6. The van der Waals surface area contributed by atoms with Crippen molar-refractivity contribution in [3.63, 3.8) is 0 Å². The molecule has 1 N–H and O–H groups in total. The highest BCUT2D eigenvalue weighted by molar-refractivity contribution is 5.02. The summed E-state index contributed by atoms with van der Waals surface area (Å²) in [5.74, 6) is 1.08. The lowest BCUT2D eigenvalue weighted by Gasteiger charge is -2.52. The Labute approximate surface area is 122 Å². The summed E-state index contributed by atoms with van der Waals surface area (Å²) in [6.07, 6.45) is 3.95. The molecular weight excluding hydrogens is 250 g/mol. The quantitative estimate of drug-likeness (QED) is 0.896. The number of nitrogens with zero attached hydrogens (tertiary/aromatic N) is 4. The van der Waals surface area contributed by atoms with Gasteiger partial charge in [0.05, 0.1) is 6.54 Å². The van der Waals surface area contributed by atoms with Gasteiger partial charge in [0.15, 0.2) is 0 Å². The van der Waals surface area contributed by atoms with Gasteiger partial charge in [-0.15, -0.1) is 0 Å². The summed E-state index contributed by atoms with van der Waals surface area (Å²) in [6.45, 7) is 15.2. The molecule has 5 nitrogen and oxygen atoms in total. The van der Waals surface area contributed by atoms with Gasteiger partial charge in [-0.1, -0.05) is 13.8 Å². The predicted octanol–water partition coefficient (Wildman–Crippen LogP) is 2.04. The summed E-state index contributed by atoms with van der Waals surface area (Å²) in [7, 11) is 0. The summed E-state index contributed by atoms with van der Waals surface area (Å²) >= 11 is 0. The lowest BCUT2D eigenvalue weighted by atomic mass is 9.85. The van der Waals surface area contributed by atoms with Gasteiger partial charge < -0.3 is 5.32 Å². The molecule has 1 aromatic heterocycles. The van der Waals surface area contributed by atoms with E-state index in [1.54, 1.807) is 6.33 Å². The van der Waals surface area contributed by atoms with E-state index in [0.717, 1.165) is 44.8 Å². The zero-order chi connectivity index (χ0) is 14.8. The first-order chi connectivity index (χ1) is 9.46. The molecule has 0 bridgehead atoms. The number of hydrogen-bond acceptors (Lipinski definition) is 4. The van der Waals surface area contributed by atoms with Crippen LogP contribution in [0.15, 0.2) is 6.33 Å². The van der Waals surface area contributed by atoms with E-state index in [0.29, 0.717) is 0 Å². The summed E-state index contributed by atoms with van der Waals surface area (Å²) < 4.78 is 2.00.